The van der Waals surface area contributed by atoms with Gasteiger partial charge in [-0.1, -0.05) is 6.07 Å². The molecular formula is C17H17N2O4+. The molecule has 0 amide bonds. The van der Waals surface area contributed by atoms with Crippen molar-refractivity contribution in [2.75, 3.05) is 7.11 Å². The fraction of sp³-hybridized carbons (Fsp3) is 0.471. The number of Topliss-reactive ketones (excluding diaryl/α,β-unsaturated/α-hetero) is 1. The molecule has 3 aliphatic rings. The molecule has 1 N–H and O–H groups in total. The van der Waals surface area contributed by atoms with E-state index in [9.17, 15) is 9.90 Å². The standard InChI is InChI=1S/C17H16N2O4/c1-22-13-5-2-8-6-10(12(21)7-19-18)9-3-4-11(20)16-15(9)14(8)17(13)23-16/h2,5,7,9-10,15-16H,3-4,6H2,1H3/p+1/b12-7-/t9-,10+,15-,16-/m1/s1. The van der Waals surface area contributed by atoms with E-state index >= 15 is 0 Å². The molecule has 0 aromatic heterocycles. The number of carbonyl (C=O) groups is 1. The maximum atomic E-state index is 12.3. The van der Waals surface area contributed by atoms with Gasteiger partial charge in [0.1, 0.15) is 0 Å². The van der Waals surface area contributed by atoms with Crippen LogP contribution >= 0.6 is 0 Å². The highest BCUT2D eigenvalue weighted by Gasteiger charge is 2.54. The van der Waals surface area contributed by atoms with Crippen LogP contribution in [0.5, 0.6) is 11.5 Å². The first kappa shape index (κ1) is 14.1. The van der Waals surface area contributed by atoms with Crippen LogP contribution < -0.4 is 9.47 Å². The summed E-state index contributed by atoms with van der Waals surface area (Å²) < 4.78 is 11.4. The fourth-order valence-electron chi connectivity index (χ4n) is 4.45. The lowest BCUT2D eigenvalue weighted by atomic mass is 9.62. The van der Waals surface area contributed by atoms with Crippen LogP contribution in [0, 0.1) is 17.2 Å². The molecule has 23 heavy (non-hydrogen) atoms. The van der Waals surface area contributed by atoms with E-state index < -0.39 is 6.10 Å². The molecule has 0 bridgehead atoms. The molecular weight excluding hydrogens is 296 g/mol. The zero-order valence-electron chi connectivity index (χ0n) is 12.7. The van der Waals surface area contributed by atoms with Crippen molar-refractivity contribution in [1.82, 2.24) is 0 Å². The molecule has 1 aliphatic heterocycles. The van der Waals surface area contributed by atoms with Crippen molar-refractivity contribution in [1.29, 1.82) is 5.39 Å². The number of carbonyl (C=O) groups excluding carboxylic acids is 1. The Morgan fingerprint density at radius 1 is 1.52 bits per heavy atom. The van der Waals surface area contributed by atoms with E-state index in [0.717, 1.165) is 17.3 Å². The Bertz CT molecular complexity index is 765. The quantitative estimate of drug-likeness (QED) is 0.670. The predicted molar refractivity (Wildman–Crippen MR) is 80.9 cm³/mol. The smallest absolute Gasteiger partial charge is 0.387 e. The Morgan fingerprint density at radius 2 is 2.35 bits per heavy atom. The second kappa shape index (κ2) is 4.98. The van der Waals surface area contributed by atoms with Crippen molar-refractivity contribution in [3.05, 3.63) is 40.2 Å². The van der Waals surface area contributed by atoms with Crippen molar-refractivity contribution in [3.8, 4) is 11.5 Å². The van der Waals surface area contributed by atoms with Gasteiger partial charge in [0.25, 0.3) is 0 Å². The van der Waals surface area contributed by atoms with Gasteiger partial charge in [0.05, 0.1) is 7.11 Å². The summed E-state index contributed by atoms with van der Waals surface area (Å²) in [6.45, 7) is 0. The van der Waals surface area contributed by atoms with Gasteiger partial charge in [0, 0.05) is 23.8 Å². The molecule has 0 saturated heterocycles. The van der Waals surface area contributed by atoms with E-state index in [4.69, 9.17) is 14.9 Å². The number of methoxy groups -OCH3 is 1. The second-order valence-corrected chi connectivity index (χ2v) is 6.38. The van der Waals surface area contributed by atoms with Gasteiger partial charge in [-0.3, -0.25) is 4.79 Å². The number of hydrogen-bond donors (Lipinski definition) is 1. The molecule has 118 valence electrons. The van der Waals surface area contributed by atoms with Crippen LogP contribution in [-0.4, -0.2) is 24.1 Å². The first-order chi connectivity index (χ1) is 11.2. The molecule has 6 nitrogen and oxygen atoms in total. The van der Waals surface area contributed by atoms with Crippen LogP contribution in [0.25, 0.3) is 4.98 Å². The number of hydrogen-bond acceptors (Lipinski definition) is 5. The van der Waals surface area contributed by atoms with Crippen LogP contribution in [0.4, 0.5) is 0 Å². The summed E-state index contributed by atoms with van der Waals surface area (Å²) in [5.74, 6) is 1.34. The third-order valence-electron chi connectivity index (χ3n) is 5.40. The number of ether oxygens (including phenoxy) is 2. The molecule has 0 radical (unpaired) electrons. The van der Waals surface area contributed by atoms with E-state index in [-0.39, 0.29) is 29.3 Å². The lowest BCUT2D eigenvalue weighted by Crippen LogP contribution is -2.43. The van der Waals surface area contributed by atoms with E-state index in [1.807, 2.05) is 12.1 Å². The van der Waals surface area contributed by atoms with Gasteiger partial charge in [0.2, 0.25) is 5.39 Å². The van der Waals surface area contributed by atoms with Crippen LogP contribution in [0.2, 0.25) is 0 Å². The Balaban J connectivity index is 1.88. The van der Waals surface area contributed by atoms with Gasteiger partial charge in [-0.2, -0.15) is 0 Å². The van der Waals surface area contributed by atoms with Crippen molar-refractivity contribution in [2.24, 2.45) is 11.8 Å². The van der Waals surface area contributed by atoms with Crippen LogP contribution in [0.15, 0.2) is 24.1 Å². The molecule has 1 saturated carbocycles. The Labute approximate surface area is 133 Å². The summed E-state index contributed by atoms with van der Waals surface area (Å²) in [5.41, 5.74) is 2.11. The summed E-state index contributed by atoms with van der Waals surface area (Å²) in [6.07, 6.45) is 2.36. The molecule has 6 heteroatoms. The Kier molecular flexibility index (Phi) is 3.05. The number of aliphatic hydroxyl groups is 1. The Morgan fingerprint density at radius 3 is 3.09 bits per heavy atom. The van der Waals surface area contributed by atoms with Crippen LogP contribution in [0.1, 0.15) is 29.9 Å². The molecule has 1 heterocycles. The van der Waals surface area contributed by atoms with E-state index in [1.54, 1.807) is 7.11 Å². The number of aliphatic hydroxyl groups excluding tert-OH is 1. The average Bonchev–Trinajstić information content (AvgIpc) is 2.96. The van der Waals surface area contributed by atoms with Gasteiger partial charge in [-0.05, 0) is 30.4 Å². The third-order valence-corrected chi connectivity index (χ3v) is 5.40. The van der Waals surface area contributed by atoms with E-state index in [1.165, 1.54) is 0 Å². The monoisotopic (exact) mass is 313 g/mol. The van der Waals surface area contributed by atoms with E-state index in [0.29, 0.717) is 30.8 Å². The van der Waals surface area contributed by atoms with Gasteiger partial charge in [0.15, 0.2) is 34.1 Å². The summed E-state index contributed by atoms with van der Waals surface area (Å²) in [7, 11) is 1.59. The number of nitrogens with zero attached hydrogens (tertiary/aromatic N) is 2. The minimum absolute atomic E-state index is 0.0560. The minimum Gasteiger partial charge on any atom is -0.505 e. The molecule has 0 unspecified atom stereocenters. The highest BCUT2D eigenvalue weighted by Crippen LogP contribution is 2.58. The largest absolute Gasteiger partial charge is 0.505 e. The van der Waals surface area contributed by atoms with Crippen molar-refractivity contribution in [2.45, 2.75) is 31.3 Å². The number of benzene rings is 1. The van der Waals surface area contributed by atoms with Crippen LogP contribution in [-0.2, 0) is 11.2 Å². The topological polar surface area (TPSA) is 83.9 Å². The zero-order chi connectivity index (χ0) is 16.1. The lowest BCUT2D eigenvalue weighted by molar-refractivity contribution is -0.129. The van der Waals surface area contributed by atoms with Crippen molar-refractivity contribution < 1.29 is 19.4 Å². The molecule has 4 atom stereocenters. The average molecular weight is 313 g/mol. The van der Waals surface area contributed by atoms with Gasteiger partial charge >= 0.3 is 6.20 Å². The maximum Gasteiger partial charge on any atom is 0.387 e. The summed E-state index contributed by atoms with van der Waals surface area (Å²) in [6, 6.07) is 3.81. The van der Waals surface area contributed by atoms with Gasteiger partial charge in [-0.15, -0.1) is 0 Å². The Hall–Kier alpha value is -2.55. The SMILES string of the molecule is COc1ccc2c3c1O[C@@H]1C(=O)CC[C@@H]([C@H]31)[C@@H](/C(O)=C/[N+]#N)C2. The lowest BCUT2D eigenvalue weighted by Gasteiger charge is -2.40. The number of rotatable bonds is 2. The summed E-state index contributed by atoms with van der Waals surface area (Å²) in [4.78, 5) is 15.3. The van der Waals surface area contributed by atoms with Crippen molar-refractivity contribution >= 4 is 5.78 Å². The number of ketones is 1. The minimum atomic E-state index is -0.500. The van der Waals surface area contributed by atoms with Crippen molar-refractivity contribution in [3.63, 3.8) is 0 Å². The summed E-state index contributed by atoms with van der Waals surface area (Å²) in [5, 5.41) is 19.0. The molecule has 1 aromatic carbocycles. The van der Waals surface area contributed by atoms with Crippen LogP contribution in [0.3, 0.4) is 0 Å². The zero-order valence-corrected chi connectivity index (χ0v) is 12.7. The van der Waals surface area contributed by atoms with Gasteiger partial charge in [-0.25, -0.2) is 0 Å². The molecule has 2 aliphatic carbocycles. The first-order valence-corrected chi connectivity index (χ1v) is 7.78. The fourth-order valence-corrected chi connectivity index (χ4v) is 4.45. The normalized spacial score (nSPS) is 31.1. The molecule has 4 rings (SSSR count). The highest BCUT2D eigenvalue weighted by atomic mass is 16.5. The highest BCUT2D eigenvalue weighted by molar-refractivity contribution is 5.87. The summed E-state index contributed by atoms with van der Waals surface area (Å²) >= 11 is 0. The predicted octanol–water partition coefficient (Wildman–Crippen LogP) is 2.94. The number of diazo groups is 1. The van der Waals surface area contributed by atoms with Gasteiger partial charge < -0.3 is 14.6 Å². The molecule has 1 aromatic rings. The first-order valence-electron chi connectivity index (χ1n) is 7.78. The maximum absolute atomic E-state index is 12.3. The second-order valence-electron chi connectivity index (χ2n) is 6.38. The molecule has 1 fully saturated rings. The third kappa shape index (κ3) is 1.86. The number of allylic oxidation sites excluding steroid dienone is 1. The molecule has 0 spiro atoms. The van der Waals surface area contributed by atoms with E-state index in [2.05, 4.69) is 4.98 Å².